The van der Waals surface area contributed by atoms with E-state index in [0.717, 1.165) is 5.56 Å². The molecule has 0 aromatic heterocycles. The van der Waals surface area contributed by atoms with Gasteiger partial charge in [0.15, 0.2) is 0 Å². The molecule has 3 aromatic carbocycles. The molecule has 3 rings (SSSR count). The lowest BCUT2D eigenvalue weighted by molar-refractivity contribution is 0.102. The van der Waals surface area contributed by atoms with Gasteiger partial charge in [0.05, 0.1) is 10.6 Å². The Morgan fingerprint density at radius 3 is 2.36 bits per heavy atom. The van der Waals surface area contributed by atoms with E-state index in [2.05, 4.69) is 10.0 Å². The first-order valence-corrected chi connectivity index (χ1v) is 10.1. The third kappa shape index (κ3) is 5.03. The molecule has 5 nitrogen and oxygen atoms in total. The molecule has 0 unspecified atom stereocenters. The average molecular weight is 398 g/mol. The van der Waals surface area contributed by atoms with Gasteiger partial charge in [-0.2, -0.15) is 0 Å². The quantitative estimate of drug-likeness (QED) is 0.639. The standard InChI is InChI=1S/C21H19FN2O3S/c22-19-11-4-5-12-20(19)24-21(25)17-9-6-10-18(15-17)28(26,27)23-14-13-16-7-2-1-3-8-16/h1-12,15,23H,13-14H2,(H,24,25). The number of para-hydroxylation sites is 1. The average Bonchev–Trinajstić information content (AvgIpc) is 2.70. The number of carbonyl (C=O) groups excluding carboxylic acids is 1. The number of hydrogen-bond donors (Lipinski definition) is 2. The van der Waals surface area contributed by atoms with Crippen molar-refractivity contribution in [2.24, 2.45) is 0 Å². The second kappa shape index (κ2) is 8.77. The first-order valence-electron chi connectivity index (χ1n) is 8.65. The van der Waals surface area contributed by atoms with Crippen LogP contribution in [0.5, 0.6) is 0 Å². The summed E-state index contributed by atoms with van der Waals surface area (Å²) in [6, 6.07) is 20.9. The van der Waals surface area contributed by atoms with E-state index in [1.54, 1.807) is 6.07 Å². The summed E-state index contributed by atoms with van der Waals surface area (Å²) < 4.78 is 41.2. The number of nitrogens with one attached hydrogen (secondary N) is 2. The largest absolute Gasteiger partial charge is 0.319 e. The van der Waals surface area contributed by atoms with Crippen LogP contribution in [0.1, 0.15) is 15.9 Å². The van der Waals surface area contributed by atoms with Crippen LogP contribution in [-0.4, -0.2) is 20.9 Å². The molecule has 0 heterocycles. The number of rotatable bonds is 7. The Morgan fingerprint density at radius 1 is 0.893 bits per heavy atom. The molecule has 7 heteroatoms. The maximum Gasteiger partial charge on any atom is 0.255 e. The van der Waals surface area contributed by atoms with Crippen LogP contribution in [0.15, 0.2) is 83.8 Å². The van der Waals surface area contributed by atoms with Gasteiger partial charge >= 0.3 is 0 Å². The molecule has 28 heavy (non-hydrogen) atoms. The van der Waals surface area contributed by atoms with E-state index < -0.39 is 21.7 Å². The number of hydrogen-bond acceptors (Lipinski definition) is 3. The molecule has 144 valence electrons. The van der Waals surface area contributed by atoms with E-state index >= 15 is 0 Å². The van der Waals surface area contributed by atoms with Crippen molar-refractivity contribution >= 4 is 21.6 Å². The maximum absolute atomic E-state index is 13.7. The van der Waals surface area contributed by atoms with Crippen molar-refractivity contribution < 1.29 is 17.6 Å². The van der Waals surface area contributed by atoms with E-state index in [4.69, 9.17) is 0 Å². The van der Waals surface area contributed by atoms with E-state index in [9.17, 15) is 17.6 Å². The number of amides is 1. The fourth-order valence-electron chi connectivity index (χ4n) is 2.62. The molecular weight excluding hydrogens is 379 g/mol. The molecule has 0 atom stereocenters. The van der Waals surface area contributed by atoms with E-state index in [0.29, 0.717) is 6.42 Å². The van der Waals surface area contributed by atoms with E-state index in [-0.39, 0.29) is 22.7 Å². The fraction of sp³-hybridized carbons (Fsp3) is 0.0952. The molecule has 0 radical (unpaired) electrons. The van der Waals surface area contributed by atoms with Crippen LogP contribution in [0.2, 0.25) is 0 Å². The van der Waals surface area contributed by atoms with Gasteiger partial charge in [0.1, 0.15) is 5.82 Å². The molecule has 3 aromatic rings. The summed E-state index contributed by atoms with van der Waals surface area (Å²) in [5.41, 5.74) is 1.17. The number of halogens is 1. The Labute approximate surface area is 163 Å². The minimum absolute atomic E-state index is 0.0262. The zero-order valence-electron chi connectivity index (χ0n) is 14.9. The van der Waals surface area contributed by atoms with Gasteiger partial charge < -0.3 is 5.32 Å². The lowest BCUT2D eigenvalue weighted by Gasteiger charge is -2.09. The lowest BCUT2D eigenvalue weighted by Crippen LogP contribution is -2.26. The molecule has 0 bridgehead atoms. The summed E-state index contributed by atoms with van der Waals surface area (Å²) in [5, 5.41) is 2.44. The normalized spacial score (nSPS) is 11.2. The third-order valence-corrected chi connectivity index (χ3v) is 5.54. The molecule has 0 fully saturated rings. The predicted octanol–water partition coefficient (Wildman–Crippen LogP) is 3.60. The highest BCUT2D eigenvalue weighted by Gasteiger charge is 2.16. The summed E-state index contributed by atoms with van der Waals surface area (Å²) in [6.07, 6.45) is 0.549. The monoisotopic (exact) mass is 398 g/mol. The number of benzene rings is 3. The highest BCUT2D eigenvalue weighted by Crippen LogP contribution is 2.16. The molecule has 0 spiro atoms. The molecule has 0 aliphatic rings. The van der Waals surface area contributed by atoms with Gasteiger partial charge in [-0.3, -0.25) is 4.79 Å². The Hall–Kier alpha value is -3.03. The number of carbonyl (C=O) groups is 1. The van der Waals surface area contributed by atoms with Crippen molar-refractivity contribution in [3.63, 3.8) is 0 Å². The van der Waals surface area contributed by atoms with E-state index in [1.807, 2.05) is 30.3 Å². The van der Waals surface area contributed by atoms with Crippen molar-refractivity contribution in [1.29, 1.82) is 0 Å². The van der Waals surface area contributed by atoms with Crippen molar-refractivity contribution in [3.8, 4) is 0 Å². The summed E-state index contributed by atoms with van der Waals surface area (Å²) in [7, 11) is -3.77. The van der Waals surface area contributed by atoms with Crippen LogP contribution in [0, 0.1) is 5.82 Å². The molecule has 1 amide bonds. The number of sulfonamides is 1. The molecule has 0 aliphatic heterocycles. The zero-order valence-corrected chi connectivity index (χ0v) is 15.7. The summed E-state index contributed by atoms with van der Waals surface area (Å²) in [5.74, 6) is -1.16. The van der Waals surface area contributed by atoms with Gasteiger partial charge in [-0.1, -0.05) is 48.5 Å². The minimum Gasteiger partial charge on any atom is -0.319 e. The van der Waals surface area contributed by atoms with Crippen molar-refractivity contribution in [2.45, 2.75) is 11.3 Å². The van der Waals surface area contributed by atoms with Gasteiger partial charge in [0.25, 0.3) is 5.91 Å². The Kier molecular flexibility index (Phi) is 6.18. The molecule has 2 N–H and O–H groups in total. The maximum atomic E-state index is 13.7. The smallest absolute Gasteiger partial charge is 0.255 e. The van der Waals surface area contributed by atoms with Crippen LogP contribution in [0.3, 0.4) is 0 Å². The highest BCUT2D eigenvalue weighted by molar-refractivity contribution is 7.89. The van der Waals surface area contributed by atoms with Crippen molar-refractivity contribution in [2.75, 3.05) is 11.9 Å². The van der Waals surface area contributed by atoms with Crippen LogP contribution >= 0.6 is 0 Å². The fourth-order valence-corrected chi connectivity index (χ4v) is 3.70. The van der Waals surface area contributed by atoms with Crippen LogP contribution < -0.4 is 10.0 Å². The van der Waals surface area contributed by atoms with Crippen molar-refractivity contribution in [3.05, 3.63) is 95.8 Å². The second-order valence-electron chi connectivity index (χ2n) is 6.10. The Morgan fingerprint density at radius 2 is 1.61 bits per heavy atom. The van der Waals surface area contributed by atoms with Crippen LogP contribution in [0.4, 0.5) is 10.1 Å². The Bertz CT molecular complexity index is 1070. The Balaban J connectivity index is 1.69. The SMILES string of the molecule is O=C(Nc1ccccc1F)c1cccc(S(=O)(=O)NCCc2ccccc2)c1. The highest BCUT2D eigenvalue weighted by atomic mass is 32.2. The molecule has 0 aliphatic carbocycles. The summed E-state index contributed by atoms with van der Waals surface area (Å²) >= 11 is 0. The van der Waals surface area contributed by atoms with Crippen LogP contribution in [0.25, 0.3) is 0 Å². The third-order valence-electron chi connectivity index (χ3n) is 4.08. The van der Waals surface area contributed by atoms with Crippen LogP contribution in [-0.2, 0) is 16.4 Å². The molecular formula is C21H19FN2O3S. The summed E-state index contributed by atoms with van der Waals surface area (Å²) in [6.45, 7) is 0.234. The van der Waals surface area contributed by atoms with Crippen molar-refractivity contribution in [1.82, 2.24) is 4.72 Å². The van der Waals surface area contributed by atoms with Gasteiger partial charge in [-0.15, -0.1) is 0 Å². The lowest BCUT2D eigenvalue weighted by atomic mass is 10.2. The van der Waals surface area contributed by atoms with Gasteiger partial charge in [0, 0.05) is 12.1 Å². The van der Waals surface area contributed by atoms with Gasteiger partial charge in [-0.05, 0) is 42.3 Å². The predicted molar refractivity (Wildman–Crippen MR) is 106 cm³/mol. The molecule has 0 saturated heterocycles. The molecule has 0 saturated carbocycles. The summed E-state index contributed by atoms with van der Waals surface area (Å²) in [4.78, 5) is 12.3. The van der Waals surface area contributed by atoms with Gasteiger partial charge in [0.2, 0.25) is 10.0 Å². The first kappa shape index (κ1) is 19.7. The minimum atomic E-state index is -3.77. The topological polar surface area (TPSA) is 75.3 Å². The second-order valence-corrected chi connectivity index (χ2v) is 7.86. The number of anilines is 1. The van der Waals surface area contributed by atoms with Gasteiger partial charge in [-0.25, -0.2) is 17.5 Å². The first-order chi connectivity index (χ1) is 13.5. The zero-order chi connectivity index (χ0) is 20.0. The van der Waals surface area contributed by atoms with E-state index in [1.165, 1.54) is 42.5 Å².